The summed E-state index contributed by atoms with van der Waals surface area (Å²) in [6.07, 6.45) is -0.447. The number of nitrogens with zero attached hydrogens (tertiary/aromatic N) is 3. The molecular weight excluding hydrogens is 355 g/mol. The van der Waals surface area contributed by atoms with Gasteiger partial charge in [0.1, 0.15) is 5.82 Å². The van der Waals surface area contributed by atoms with Crippen LogP contribution in [0.25, 0.3) is 0 Å². The molecule has 134 valence electrons. The molecule has 2 aromatic heterocycles. The van der Waals surface area contributed by atoms with Crippen molar-refractivity contribution in [3.8, 4) is 0 Å². The predicted molar refractivity (Wildman–Crippen MR) is 88.1 cm³/mol. The number of rotatable bonds is 7. The third kappa shape index (κ3) is 6.22. The van der Waals surface area contributed by atoms with Crippen LogP contribution in [0.4, 0.5) is 19.0 Å². The summed E-state index contributed by atoms with van der Waals surface area (Å²) < 4.78 is 37.3. The summed E-state index contributed by atoms with van der Waals surface area (Å²) in [6, 6.07) is 3.89. The van der Waals surface area contributed by atoms with Gasteiger partial charge in [-0.25, -0.2) is 15.0 Å². The van der Waals surface area contributed by atoms with Crippen LogP contribution in [0.5, 0.6) is 0 Å². The molecule has 0 bridgehead atoms. The second-order valence-corrected chi connectivity index (χ2v) is 6.25. The number of hydrogen-bond donors (Lipinski definition) is 2. The SMILES string of the molecule is CC(Sc1ncccn1)C(=O)NCCNc1ccc(C(F)(F)F)cn1. The molecule has 0 spiro atoms. The third-order valence-electron chi connectivity index (χ3n) is 3.01. The first-order chi connectivity index (χ1) is 11.9. The van der Waals surface area contributed by atoms with Crippen LogP contribution in [-0.2, 0) is 11.0 Å². The number of nitrogens with one attached hydrogen (secondary N) is 2. The van der Waals surface area contributed by atoms with Gasteiger partial charge in [-0.2, -0.15) is 13.2 Å². The molecule has 2 aromatic rings. The lowest BCUT2D eigenvalue weighted by molar-refractivity contribution is -0.137. The minimum absolute atomic E-state index is 0.181. The Balaban J connectivity index is 1.70. The zero-order chi connectivity index (χ0) is 18.3. The third-order valence-corrected chi connectivity index (χ3v) is 4.00. The van der Waals surface area contributed by atoms with Gasteiger partial charge >= 0.3 is 6.18 Å². The van der Waals surface area contributed by atoms with Gasteiger partial charge in [-0.3, -0.25) is 4.79 Å². The zero-order valence-electron chi connectivity index (χ0n) is 13.2. The Morgan fingerprint density at radius 3 is 2.52 bits per heavy atom. The quantitative estimate of drug-likeness (QED) is 0.442. The molecule has 0 saturated carbocycles. The molecule has 1 amide bonds. The summed E-state index contributed by atoms with van der Waals surface area (Å²) in [5.74, 6) is 0.127. The van der Waals surface area contributed by atoms with Crippen LogP contribution in [0.1, 0.15) is 12.5 Å². The van der Waals surface area contributed by atoms with Crippen molar-refractivity contribution in [1.82, 2.24) is 20.3 Å². The molecule has 0 aliphatic carbocycles. The maximum absolute atomic E-state index is 12.4. The molecule has 2 heterocycles. The van der Waals surface area contributed by atoms with E-state index in [1.165, 1.54) is 17.8 Å². The second-order valence-electron chi connectivity index (χ2n) is 4.94. The van der Waals surface area contributed by atoms with Crippen LogP contribution in [0.3, 0.4) is 0 Å². The number of anilines is 1. The van der Waals surface area contributed by atoms with Gasteiger partial charge in [-0.05, 0) is 25.1 Å². The first kappa shape index (κ1) is 19.0. The van der Waals surface area contributed by atoms with Crippen LogP contribution in [0.15, 0.2) is 41.9 Å². The molecule has 0 fully saturated rings. The van der Waals surface area contributed by atoms with E-state index in [1.807, 2.05) is 0 Å². The van der Waals surface area contributed by atoms with Crippen LogP contribution in [-0.4, -0.2) is 39.2 Å². The van der Waals surface area contributed by atoms with E-state index in [9.17, 15) is 18.0 Å². The van der Waals surface area contributed by atoms with E-state index in [4.69, 9.17) is 0 Å². The van der Waals surface area contributed by atoms with Crippen molar-refractivity contribution in [1.29, 1.82) is 0 Å². The van der Waals surface area contributed by atoms with E-state index < -0.39 is 11.7 Å². The fourth-order valence-electron chi connectivity index (χ4n) is 1.74. The molecular formula is C15H16F3N5OS. The Kier molecular flexibility index (Phi) is 6.57. The van der Waals surface area contributed by atoms with Gasteiger partial charge in [0.25, 0.3) is 0 Å². The standard InChI is InChI=1S/C15H16F3N5OS/c1-10(25-14-21-5-2-6-22-14)13(24)20-8-7-19-12-4-3-11(9-23-12)15(16,17)18/h2-6,9-10H,7-8H2,1H3,(H,19,23)(H,20,24). The summed E-state index contributed by atoms with van der Waals surface area (Å²) >= 11 is 1.24. The minimum Gasteiger partial charge on any atom is -0.368 e. The van der Waals surface area contributed by atoms with Gasteiger partial charge in [-0.1, -0.05) is 11.8 Å². The second kappa shape index (κ2) is 8.65. The Hall–Kier alpha value is -2.36. The number of hydrogen-bond acceptors (Lipinski definition) is 6. The largest absolute Gasteiger partial charge is 0.417 e. The molecule has 2 N–H and O–H groups in total. The van der Waals surface area contributed by atoms with Crippen LogP contribution >= 0.6 is 11.8 Å². The maximum Gasteiger partial charge on any atom is 0.417 e. The molecule has 0 saturated heterocycles. The van der Waals surface area contributed by atoms with Gasteiger partial charge in [-0.15, -0.1) is 0 Å². The van der Waals surface area contributed by atoms with Crippen LogP contribution < -0.4 is 10.6 Å². The highest BCUT2D eigenvalue weighted by molar-refractivity contribution is 8.00. The Morgan fingerprint density at radius 2 is 1.92 bits per heavy atom. The highest BCUT2D eigenvalue weighted by Crippen LogP contribution is 2.28. The van der Waals surface area contributed by atoms with Crippen LogP contribution in [0.2, 0.25) is 0 Å². The van der Waals surface area contributed by atoms with Gasteiger partial charge in [0.05, 0.1) is 10.8 Å². The fourth-order valence-corrected chi connectivity index (χ4v) is 2.49. The van der Waals surface area contributed by atoms with Gasteiger partial charge in [0, 0.05) is 31.7 Å². The topological polar surface area (TPSA) is 79.8 Å². The Morgan fingerprint density at radius 1 is 1.20 bits per heavy atom. The lowest BCUT2D eigenvalue weighted by Crippen LogP contribution is -2.34. The summed E-state index contributed by atoms with van der Waals surface area (Å²) in [5.41, 5.74) is -0.805. The molecule has 1 atom stereocenters. The highest BCUT2D eigenvalue weighted by Gasteiger charge is 2.30. The number of pyridine rings is 1. The van der Waals surface area contributed by atoms with E-state index in [-0.39, 0.29) is 11.2 Å². The molecule has 2 rings (SSSR count). The molecule has 6 nitrogen and oxygen atoms in total. The lowest BCUT2D eigenvalue weighted by atomic mass is 10.3. The molecule has 0 aliphatic heterocycles. The number of alkyl halides is 3. The van der Waals surface area contributed by atoms with Crippen molar-refractivity contribution in [2.45, 2.75) is 23.5 Å². The smallest absolute Gasteiger partial charge is 0.368 e. The van der Waals surface area contributed by atoms with E-state index >= 15 is 0 Å². The highest BCUT2D eigenvalue weighted by atomic mass is 32.2. The summed E-state index contributed by atoms with van der Waals surface area (Å²) in [7, 11) is 0. The fraction of sp³-hybridized carbons (Fsp3) is 0.333. The van der Waals surface area contributed by atoms with Gasteiger partial charge in [0.2, 0.25) is 5.91 Å². The van der Waals surface area contributed by atoms with Crippen molar-refractivity contribution in [2.24, 2.45) is 0 Å². The van der Waals surface area contributed by atoms with Crippen molar-refractivity contribution in [3.05, 3.63) is 42.4 Å². The van der Waals surface area contributed by atoms with Crippen molar-refractivity contribution in [3.63, 3.8) is 0 Å². The molecule has 0 aliphatic rings. The van der Waals surface area contributed by atoms with E-state index in [0.29, 0.717) is 24.1 Å². The molecule has 10 heteroatoms. The van der Waals surface area contributed by atoms with Crippen molar-refractivity contribution >= 4 is 23.5 Å². The minimum atomic E-state index is -4.41. The van der Waals surface area contributed by atoms with Crippen LogP contribution in [0, 0.1) is 0 Å². The summed E-state index contributed by atoms with van der Waals surface area (Å²) in [6.45, 7) is 2.38. The lowest BCUT2D eigenvalue weighted by Gasteiger charge is -2.12. The monoisotopic (exact) mass is 371 g/mol. The Bertz CT molecular complexity index is 682. The van der Waals surface area contributed by atoms with Crippen molar-refractivity contribution < 1.29 is 18.0 Å². The molecule has 0 radical (unpaired) electrons. The number of halogens is 3. The van der Waals surface area contributed by atoms with E-state index in [0.717, 1.165) is 12.3 Å². The number of amides is 1. The van der Waals surface area contributed by atoms with Gasteiger partial charge < -0.3 is 10.6 Å². The first-order valence-electron chi connectivity index (χ1n) is 7.35. The first-order valence-corrected chi connectivity index (χ1v) is 8.23. The number of aromatic nitrogens is 3. The zero-order valence-corrected chi connectivity index (χ0v) is 14.1. The molecule has 25 heavy (non-hydrogen) atoms. The van der Waals surface area contributed by atoms with Gasteiger partial charge in [0.15, 0.2) is 5.16 Å². The number of carbonyl (C=O) groups is 1. The molecule has 1 unspecified atom stereocenters. The number of thioether (sulfide) groups is 1. The van der Waals surface area contributed by atoms with Crippen molar-refractivity contribution in [2.75, 3.05) is 18.4 Å². The predicted octanol–water partition coefficient (Wildman–Crippen LogP) is 2.60. The summed E-state index contributed by atoms with van der Waals surface area (Å²) in [5, 5.41) is 5.71. The average molecular weight is 371 g/mol. The normalized spacial score (nSPS) is 12.5. The summed E-state index contributed by atoms with van der Waals surface area (Å²) in [4.78, 5) is 23.7. The van der Waals surface area contributed by atoms with E-state index in [1.54, 1.807) is 25.4 Å². The molecule has 0 aromatic carbocycles. The van der Waals surface area contributed by atoms with E-state index in [2.05, 4.69) is 25.6 Å². The number of carbonyl (C=O) groups excluding carboxylic acids is 1. The average Bonchev–Trinajstić information content (AvgIpc) is 2.59. The Labute approximate surface area is 146 Å². The maximum atomic E-state index is 12.4.